The van der Waals surface area contributed by atoms with Crippen LogP contribution in [0.2, 0.25) is 0 Å². The van der Waals surface area contributed by atoms with Crippen molar-refractivity contribution in [3.05, 3.63) is 36.8 Å². The van der Waals surface area contributed by atoms with E-state index in [1.807, 2.05) is 29.0 Å². The second-order valence-electron chi connectivity index (χ2n) is 6.25. The number of imidazole rings is 1. The molecule has 0 unspecified atom stereocenters. The number of rotatable bonds is 5. The summed E-state index contributed by atoms with van der Waals surface area (Å²) in [6.07, 6.45) is 5.93. The number of aromatic nitrogens is 3. The van der Waals surface area contributed by atoms with Crippen LogP contribution in [0, 0.1) is 5.41 Å². The van der Waals surface area contributed by atoms with Crippen molar-refractivity contribution in [1.82, 2.24) is 19.9 Å². The van der Waals surface area contributed by atoms with Gasteiger partial charge in [0.25, 0.3) is 0 Å². The smallest absolute Gasteiger partial charge is 0.220 e. The van der Waals surface area contributed by atoms with Crippen LogP contribution in [-0.2, 0) is 11.3 Å². The van der Waals surface area contributed by atoms with E-state index >= 15 is 0 Å². The highest BCUT2D eigenvalue weighted by Gasteiger charge is 2.15. The van der Waals surface area contributed by atoms with Gasteiger partial charge in [0.05, 0.1) is 0 Å². The summed E-state index contributed by atoms with van der Waals surface area (Å²) in [5.74, 6) is 0.905. The Morgan fingerprint density at radius 2 is 2.05 bits per heavy atom. The summed E-state index contributed by atoms with van der Waals surface area (Å²) in [5.41, 5.74) is 0.849. The Morgan fingerprint density at radius 3 is 2.71 bits per heavy atom. The van der Waals surface area contributed by atoms with Crippen molar-refractivity contribution in [1.29, 1.82) is 0 Å². The van der Waals surface area contributed by atoms with Gasteiger partial charge in [0.2, 0.25) is 5.91 Å². The van der Waals surface area contributed by atoms with E-state index in [1.165, 1.54) is 0 Å². The van der Waals surface area contributed by atoms with E-state index in [0.717, 1.165) is 11.5 Å². The first-order valence-corrected chi connectivity index (χ1v) is 7.15. The summed E-state index contributed by atoms with van der Waals surface area (Å²) < 4.78 is 2.00. The SMILES string of the molecule is CC(C)(C)CC(=O)NCCn1ccnc1-c1ccccn1. The molecule has 2 aromatic heterocycles. The predicted octanol–water partition coefficient (Wildman–Crippen LogP) is 2.50. The molecule has 112 valence electrons. The molecule has 0 aliphatic carbocycles. The maximum absolute atomic E-state index is 11.8. The highest BCUT2D eigenvalue weighted by atomic mass is 16.1. The Hall–Kier alpha value is -2.17. The molecule has 1 amide bonds. The average Bonchev–Trinajstić information content (AvgIpc) is 2.86. The molecule has 0 atom stereocenters. The molecule has 0 saturated heterocycles. The van der Waals surface area contributed by atoms with E-state index in [4.69, 9.17) is 0 Å². The van der Waals surface area contributed by atoms with Crippen molar-refractivity contribution in [3.63, 3.8) is 0 Å². The monoisotopic (exact) mass is 286 g/mol. The quantitative estimate of drug-likeness (QED) is 0.918. The molecule has 0 fully saturated rings. The lowest BCUT2D eigenvalue weighted by molar-refractivity contribution is -0.122. The number of carbonyl (C=O) groups excluding carboxylic acids is 1. The van der Waals surface area contributed by atoms with Crippen molar-refractivity contribution in [2.45, 2.75) is 33.7 Å². The number of hydrogen-bond acceptors (Lipinski definition) is 3. The highest BCUT2D eigenvalue weighted by Crippen LogP contribution is 2.17. The molecule has 2 aromatic rings. The second-order valence-corrected chi connectivity index (χ2v) is 6.25. The van der Waals surface area contributed by atoms with Crippen molar-refractivity contribution in [2.24, 2.45) is 5.41 Å². The lowest BCUT2D eigenvalue weighted by Crippen LogP contribution is -2.30. The summed E-state index contributed by atoms with van der Waals surface area (Å²) in [5, 5.41) is 2.95. The molecule has 21 heavy (non-hydrogen) atoms. The standard InChI is InChI=1S/C16H22N4O/c1-16(2,3)12-14(21)18-8-10-20-11-9-19-15(20)13-6-4-5-7-17-13/h4-7,9,11H,8,10,12H2,1-3H3,(H,18,21). The third-order valence-corrected chi connectivity index (χ3v) is 2.98. The number of nitrogens with zero attached hydrogens (tertiary/aromatic N) is 3. The number of carbonyl (C=O) groups is 1. The van der Waals surface area contributed by atoms with Crippen molar-refractivity contribution >= 4 is 5.91 Å². The lowest BCUT2D eigenvalue weighted by Gasteiger charge is -2.17. The molecule has 0 aliphatic heterocycles. The van der Waals surface area contributed by atoms with Gasteiger partial charge in [-0.25, -0.2) is 4.98 Å². The molecule has 2 rings (SSSR count). The molecule has 1 N–H and O–H groups in total. The Morgan fingerprint density at radius 1 is 1.24 bits per heavy atom. The minimum absolute atomic E-state index is 0.0121. The maximum Gasteiger partial charge on any atom is 0.220 e. The summed E-state index contributed by atoms with van der Waals surface area (Å²) in [6.45, 7) is 7.44. The van der Waals surface area contributed by atoms with Crippen LogP contribution in [0.1, 0.15) is 27.2 Å². The van der Waals surface area contributed by atoms with E-state index in [1.54, 1.807) is 12.4 Å². The van der Waals surface area contributed by atoms with Crippen LogP contribution < -0.4 is 5.32 Å². The zero-order chi connectivity index (χ0) is 15.3. The first kappa shape index (κ1) is 15.2. The van der Waals surface area contributed by atoms with Crippen LogP contribution in [0.4, 0.5) is 0 Å². The van der Waals surface area contributed by atoms with Crippen LogP contribution >= 0.6 is 0 Å². The van der Waals surface area contributed by atoms with Gasteiger partial charge in [-0.3, -0.25) is 9.78 Å². The molecule has 0 aliphatic rings. The normalized spacial score (nSPS) is 11.4. The van der Waals surface area contributed by atoms with Crippen molar-refractivity contribution in [3.8, 4) is 11.5 Å². The second kappa shape index (κ2) is 6.52. The molecule has 0 spiro atoms. The fraction of sp³-hybridized carbons (Fsp3) is 0.438. The minimum Gasteiger partial charge on any atom is -0.354 e. The largest absolute Gasteiger partial charge is 0.354 e. The first-order chi connectivity index (χ1) is 9.96. The summed E-state index contributed by atoms with van der Waals surface area (Å²) >= 11 is 0. The van der Waals surface area contributed by atoms with Gasteiger partial charge in [0.1, 0.15) is 5.69 Å². The van der Waals surface area contributed by atoms with E-state index in [0.29, 0.717) is 19.5 Å². The van der Waals surface area contributed by atoms with Crippen LogP contribution in [-0.4, -0.2) is 27.0 Å². The van der Waals surface area contributed by atoms with Crippen molar-refractivity contribution in [2.75, 3.05) is 6.54 Å². The Balaban J connectivity index is 1.91. The Kier molecular flexibility index (Phi) is 4.73. The summed E-state index contributed by atoms with van der Waals surface area (Å²) in [6, 6.07) is 5.74. The van der Waals surface area contributed by atoms with E-state index in [2.05, 4.69) is 36.1 Å². The van der Waals surface area contributed by atoms with E-state index in [-0.39, 0.29) is 11.3 Å². The first-order valence-electron chi connectivity index (χ1n) is 7.15. The predicted molar refractivity (Wildman–Crippen MR) is 82.5 cm³/mol. The Labute approximate surface area is 125 Å². The van der Waals surface area contributed by atoms with Gasteiger partial charge in [0.15, 0.2) is 5.82 Å². The topological polar surface area (TPSA) is 59.8 Å². The molecule has 0 bridgehead atoms. The fourth-order valence-electron chi connectivity index (χ4n) is 2.08. The average molecular weight is 286 g/mol. The molecular weight excluding hydrogens is 264 g/mol. The van der Waals surface area contributed by atoms with Crippen LogP contribution in [0.5, 0.6) is 0 Å². The highest BCUT2D eigenvalue weighted by molar-refractivity contribution is 5.76. The lowest BCUT2D eigenvalue weighted by atomic mass is 9.92. The molecule has 0 saturated carbocycles. The minimum atomic E-state index is 0.0121. The maximum atomic E-state index is 11.8. The molecule has 5 nitrogen and oxygen atoms in total. The van der Waals surface area contributed by atoms with Crippen LogP contribution in [0.15, 0.2) is 36.8 Å². The molecule has 0 aromatic carbocycles. The van der Waals surface area contributed by atoms with E-state index in [9.17, 15) is 4.79 Å². The third kappa shape index (κ3) is 4.70. The van der Waals surface area contributed by atoms with Gasteiger partial charge in [-0.15, -0.1) is 0 Å². The number of hydrogen-bond donors (Lipinski definition) is 1. The van der Waals surface area contributed by atoms with E-state index < -0.39 is 0 Å². The van der Waals surface area contributed by atoms with Gasteiger partial charge in [-0.2, -0.15) is 0 Å². The summed E-state index contributed by atoms with van der Waals surface area (Å²) in [7, 11) is 0. The van der Waals surface area contributed by atoms with Gasteiger partial charge in [0, 0.05) is 38.1 Å². The zero-order valence-electron chi connectivity index (χ0n) is 12.8. The number of amides is 1. The van der Waals surface area contributed by atoms with Gasteiger partial charge in [-0.1, -0.05) is 26.8 Å². The number of nitrogens with one attached hydrogen (secondary N) is 1. The van der Waals surface area contributed by atoms with Crippen LogP contribution in [0.3, 0.4) is 0 Å². The van der Waals surface area contributed by atoms with Gasteiger partial charge in [-0.05, 0) is 17.5 Å². The Bertz CT molecular complexity index is 584. The zero-order valence-corrected chi connectivity index (χ0v) is 12.8. The van der Waals surface area contributed by atoms with Crippen LogP contribution in [0.25, 0.3) is 11.5 Å². The molecule has 0 radical (unpaired) electrons. The third-order valence-electron chi connectivity index (χ3n) is 2.98. The van der Waals surface area contributed by atoms with Gasteiger partial charge < -0.3 is 9.88 Å². The molecular formula is C16H22N4O. The van der Waals surface area contributed by atoms with Crippen molar-refractivity contribution < 1.29 is 4.79 Å². The van der Waals surface area contributed by atoms with Gasteiger partial charge >= 0.3 is 0 Å². The molecule has 2 heterocycles. The fourth-order valence-corrected chi connectivity index (χ4v) is 2.08. The number of pyridine rings is 1. The molecule has 5 heteroatoms. The summed E-state index contributed by atoms with van der Waals surface area (Å²) in [4.78, 5) is 20.4.